The molecule has 186 valence electrons. The molecule has 4 rings (SSSR count). The Labute approximate surface area is 211 Å². The summed E-state index contributed by atoms with van der Waals surface area (Å²) < 4.78 is 10.6. The molecule has 0 atom stereocenters. The van der Waals surface area contributed by atoms with Gasteiger partial charge in [-0.05, 0) is 47.7 Å². The summed E-state index contributed by atoms with van der Waals surface area (Å²) in [5.41, 5.74) is 4.03. The molecule has 1 fully saturated rings. The van der Waals surface area contributed by atoms with E-state index in [0.29, 0.717) is 31.2 Å². The van der Waals surface area contributed by atoms with Crippen LogP contribution in [0.5, 0.6) is 0 Å². The number of nitrogens with one attached hydrogen (secondary N) is 2. The molecule has 1 aliphatic carbocycles. The van der Waals surface area contributed by atoms with Crippen LogP contribution in [-0.2, 0) is 21.6 Å². The molecule has 0 aliphatic heterocycles. The third-order valence-electron chi connectivity index (χ3n) is 6.44. The average molecular weight is 486 g/mol. The number of nitrogens with zero attached hydrogens (tertiary/aromatic N) is 3. The first kappa shape index (κ1) is 25.3. The zero-order valence-electron chi connectivity index (χ0n) is 20.5. The number of carbonyl (C=O) groups is 1. The second-order valence-electron chi connectivity index (χ2n) is 8.92. The summed E-state index contributed by atoms with van der Waals surface area (Å²) in [7, 11) is 1.66. The van der Waals surface area contributed by atoms with Crippen LogP contribution in [0.4, 0.5) is 10.5 Å². The molecule has 0 bridgehead atoms. The van der Waals surface area contributed by atoms with E-state index in [1.807, 2.05) is 30.3 Å². The van der Waals surface area contributed by atoms with Gasteiger partial charge in [0.2, 0.25) is 5.82 Å². The van der Waals surface area contributed by atoms with Crippen LogP contribution in [0, 0.1) is 11.3 Å². The first-order chi connectivity index (χ1) is 17.6. The molecule has 3 aromatic rings. The van der Waals surface area contributed by atoms with E-state index in [0.717, 1.165) is 48.8 Å². The maximum Gasteiger partial charge on any atom is 0.319 e. The largest absolute Gasteiger partial charge is 0.382 e. The Morgan fingerprint density at radius 3 is 2.36 bits per heavy atom. The van der Waals surface area contributed by atoms with E-state index in [2.05, 4.69) is 44.9 Å². The molecule has 1 heterocycles. The number of carbonyl (C=O) groups excluding carboxylic acids is 1. The lowest BCUT2D eigenvalue weighted by molar-refractivity contribution is 0.0617. The molecule has 0 spiro atoms. The molecule has 1 saturated carbocycles. The Balaban J connectivity index is 1.39. The summed E-state index contributed by atoms with van der Waals surface area (Å²) in [6, 6.07) is 19.5. The summed E-state index contributed by atoms with van der Waals surface area (Å²) in [4.78, 5) is 21.4. The number of benzene rings is 2. The minimum atomic E-state index is -0.605. The van der Waals surface area contributed by atoms with E-state index in [-0.39, 0.29) is 11.9 Å². The molecular formula is C28H31N5O3. The highest BCUT2D eigenvalue weighted by Crippen LogP contribution is 2.36. The second-order valence-corrected chi connectivity index (χ2v) is 8.92. The topological polar surface area (TPSA) is 109 Å². The van der Waals surface area contributed by atoms with Crippen LogP contribution in [0.3, 0.4) is 0 Å². The van der Waals surface area contributed by atoms with Gasteiger partial charge in [0.25, 0.3) is 0 Å². The highest BCUT2D eigenvalue weighted by molar-refractivity contribution is 5.90. The van der Waals surface area contributed by atoms with E-state index in [1.165, 1.54) is 0 Å². The fourth-order valence-corrected chi connectivity index (χ4v) is 4.53. The Bertz CT molecular complexity index is 1180. The van der Waals surface area contributed by atoms with E-state index >= 15 is 0 Å². The minimum absolute atomic E-state index is 0.113. The Hall–Kier alpha value is -3.80. The number of amides is 2. The SMILES string of the molecule is COCCOCc1ccc(-c2ccc(NC(=O)NC3(c4ccnc(C#N)n4)CCCCC3)cc2)cc1. The van der Waals surface area contributed by atoms with Crippen molar-refractivity contribution in [3.05, 3.63) is 77.9 Å². The first-order valence-electron chi connectivity index (χ1n) is 12.2. The number of rotatable bonds is 9. The summed E-state index contributed by atoms with van der Waals surface area (Å²) >= 11 is 0. The van der Waals surface area contributed by atoms with Crippen molar-refractivity contribution in [3.63, 3.8) is 0 Å². The number of anilines is 1. The monoisotopic (exact) mass is 485 g/mol. The lowest BCUT2D eigenvalue weighted by Gasteiger charge is -2.37. The standard InChI is InChI=1S/C28H31N5O3/c1-35-17-18-36-20-21-5-7-22(8-6-21)23-9-11-24(12-10-23)31-27(34)33-28(14-3-2-4-15-28)25-13-16-30-26(19-29)32-25/h5-13,16H,2-4,14-15,17-18,20H2,1H3,(H2,31,33,34). The van der Waals surface area contributed by atoms with Crippen LogP contribution in [0.1, 0.15) is 49.2 Å². The number of urea groups is 1. The summed E-state index contributed by atoms with van der Waals surface area (Å²) in [5.74, 6) is 0.113. The summed E-state index contributed by atoms with van der Waals surface area (Å²) in [5, 5.41) is 15.3. The van der Waals surface area contributed by atoms with Gasteiger partial charge in [-0.2, -0.15) is 5.26 Å². The predicted molar refractivity (Wildman–Crippen MR) is 137 cm³/mol. The zero-order chi connectivity index (χ0) is 25.2. The minimum Gasteiger partial charge on any atom is -0.382 e. The molecule has 1 aromatic heterocycles. The quantitative estimate of drug-likeness (QED) is 0.405. The molecule has 0 radical (unpaired) electrons. The Kier molecular flexibility index (Phi) is 8.61. The highest BCUT2D eigenvalue weighted by atomic mass is 16.5. The average Bonchev–Trinajstić information content (AvgIpc) is 2.92. The van der Waals surface area contributed by atoms with Crippen molar-refractivity contribution in [1.29, 1.82) is 5.26 Å². The molecule has 0 saturated heterocycles. The fraction of sp³-hybridized carbons (Fsp3) is 0.357. The Morgan fingerprint density at radius 1 is 1.00 bits per heavy atom. The van der Waals surface area contributed by atoms with Crippen LogP contribution < -0.4 is 10.6 Å². The fourth-order valence-electron chi connectivity index (χ4n) is 4.53. The number of ether oxygens (including phenoxy) is 2. The third-order valence-corrected chi connectivity index (χ3v) is 6.44. The molecule has 0 unspecified atom stereocenters. The molecule has 36 heavy (non-hydrogen) atoms. The molecule has 2 N–H and O–H groups in total. The van der Waals surface area contributed by atoms with Crippen molar-refractivity contribution in [2.75, 3.05) is 25.6 Å². The van der Waals surface area contributed by atoms with E-state index in [9.17, 15) is 10.1 Å². The lowest BCUT2D eigenvalue weighted by Crippen LogP contribution is -2.49. The van der Waals surface area contributed by atoms with Gasteiger partial charge >= 0.3 is 6.03 Å². The molecular weight excluding hydrogens is 454 g/mol. The van der Waals surface area contributed by atoms with Gasteiger partial charge in [-0.25, -0.2) is 14.8 Å². The Morgan fingerprint density at radius 2 is 1.69 bits per heavy atom. The zero-order valence-corrected chi connectivity index (χ0v) is 20.5. The van der Waals surface area contributed by atoms with Gasteiger partial charge < -0.3 is 20.1 Å². The smallest absolute Gasteiger partial charge is 0.319 e. The van der Waals surface area contributed by atoms with Crippen molar-refractivity contribution in [1.82, 2.24) is 15.3 Å². The van der Waals surface area contributed by atoms with E-state index in [1.54, 1.807) is 19.4 Å². The van der Waals surface area contributed by atoms with Gasteiger partial charge in [-0.15, -0.1) is 0 Å². The normalized spacial score (nSPS) is 14.6. The number of hydrogen-bond donors (Lipinski definition) is 2. The molecule has 1 aliphatic rings. The van der Waals surface area contributed by atoms with E-state index < -0.39 is 5.54 Å². The molecule has 2 aromatic carbocycles. The van der Waals surface area contributed by atoms with Gasteiger partial charge in [-0.1, -0.05) is 55.7 Å². The maximum absolute atomic E-state index is 13.0. The van der Waals surface area contributed by atoms with Crippen LogP contribution in [0.15, 0.2) is 60.8 Å². The van der Waals surface area contributed by atoms with Crippen molar-refractivity contribution >= 4 is 11.7 Å². The molecule has 8 heteroatoms. The van der Waals surface area contributed by atoms with Crippen molar-refractivity contribution < 1.29 is 14.3 Å². The number of nitriles is 1. The summed E-state index contributed by atoms with van der Waals surface area (Å²) in [6.07, 6.45) is 6.21. The third kappa shape index (κ3) is 6.45. The van der Waals surface area contributed by atoms with Crippen LogP contribution in [0.2, 0.25) is 0 Å². The van der Waals surface area contributed by atoms with Gasteiger partial charge in [0.1, 0.15) is 6.07 Å². The number of methoxy groups -OCH3 is 1. The summed E-state index contributed by atoms with van der Waals surface area (Å²) in [6.45, 7) is 1.71. The van der Waals surface area contributed by atoms with E-state index in [4.69, 9.17) is 9.47 Å². The van der Waals surface area contributed by atoms with Crippen molar-refractivity contribution in [2.24, 2.45) is 0 Å². The number of aromatic nitrogens is 2. The van der Waals surface area contributed by atoms with Crippen LogP contribution in [-0.4, -0.2) is 36.3 Å². The lowest BCUT2D eigenvalue weighted by atomic mass is 9.79. The molecule has 2 amide bonds. The van der Waals surface area contributed by atoms with Gasteiger partial charge in [-0.3, -0.25) is 0 Å². The van der Waals surface area contributed by atoms with Gasteiger partial charge in [0.05, 0.1) is 31.1 Å². The highest BCUT2D eigenvalue weighted by Gasteiger charge is 2.37. The van der Waals surface area contributed by atoms with Gasteiger partial charge in [0, 0.05) is 19.0 Å². The van der Waals surface area contributed by atoms with Crippen molar-refractivity contribution in [2.45, 2.75) is 44.2 Å². The van der Waals surface area contributed by atoms with Crippen molar-refractivity contribution in [3.8, 4) is 17.2 Å². The second kappa shape index (κ2) is 12.2. The van der Waals surface area contributed by atoms with Crippen LogP contribution >= 0.6 is 0 Å². The number of hydrogen-bond acceptors (Lipinski definition) is 6. The molecule has 8 nitrogen and oxygen atoms in total. The predicted octanol–water partition coefficient (Wildman–Crippen LogP) is 5.16. The van der Waals surface area contributed by atoms with Gasteiger partial charge in [0.15, 0.2) is 0 Å². The maximum atomic E-state index is 13.0. The first-order valence-corrected chi connectivity index (χ1v) is 12.2. The van der Waals surface area contributed by atoms with Crippen LogP contribution in [0.25, 0.3) is 11.1 Å².